The zero-order valence-electron chi connectivity index (χ0n) is 10.6. The van der Waals surface area contributed by atoms with Gasteiger partial charge in [-0.3, -0.25) is 0 Å². The van der Waals surface area contributed by atoms with Crippen LogP contribution >= 0.6 is 15.9 Å². The van der Waals surface area contributed by atoms with Gasteiger partial charge in [0.15, 0.2) is 0 Å². The van der Waals surface area contributed by atoms with Crippen molar-refractivity contribution in [1.29, 1.82) is 5.26 Å². The number of nitrogens with two attached hydrogens (primary N) is 1. The normalized spacial score (nSPS) is 9.95. The van der Waals surface area contributed by atoms with Crippen LogP contribution in [-0.2, 0) is 6.54 Å². The van der Waals surface area contributed by atoms with Crippen LogP contribution in [0.2, 0.25) is 0 Å². The van der Waals surface area contributed by atoms with E-state index in [1.54, 1.807) is 6.07 Å². The predicted octanol–water partition coefficient (Wildman–Crippen LogP) is 3.54. The first-order valence-corrected chi connectivity index (χ1v) is 6.64. The quantitative estimate of drug-likeness (QED) is 0.881. The number of anilines is 2. The van der Waals surface area contributed by atoms with Crippen molar-refractivity contribution in [2.45, 2.75) is 6.54 Å². The predicted molar refractivity (Wildman–Crippen MR) is 81.8 cm³/mol. The monoisotopic (exact) mass is 315 g/mol. The maximum absolute atomic E-state index is 8.91. The van der Waals surface area contributed by atoms with Crippen LogP contribution in [0.3, 0.4) is 0 Å². The Kier molecular flexibility index (Phi) is 4.08. The molecule has 2 N–H and O–H groups in total. The highest BCUT2D eigenvalue weighted by Crippen LogP contribution is 2.22. The summed E-state index contributed by atoms with van der Waals surface area (Å²) in [5.74, 6) is 0. The second-order valence-electron chi connectivity index (χ2n) is 4.37. The minimum absolute atomic E-state index is 0.666. The molecule has 4 heteroatoms. The number of nitrogen functional groups attached to an aromatic ring is 1. The fourth-order valence-corrected chi connectivity index (χ4v) is 2.12. The molecule has 19 heavy (non-hydrogen) atoms. The first-order valence-electron chi connectivity index (χ1n) is 5.85. The molecule has 0 amide bonds. The molecule has 0 spiro atoms. The van der Waals surface area contributed by atoms with Crippen molar-refractivity contribution in [1.82, 2.24) is 0 Å². The van der Waals surface area contributed by atoms with E-state index in [-0.39, 0.29) is 0 Å². The highest BCUT2D eigenvalue weighted by Gasteiger charge is 2.04. The molecule has 0 saturated heterocycles. The van der Waals surface area contributed by atoms with E-state index >= 15 is 0 Å². The Balaban J connectivity index is 2.18. The molecule has 0 aliphatic heterocycles. The number of benzene rings is 2. The van der Waals surface area contributed by atoms with Crippen LogP contribution in [0, 0.1) is 11.3 Å². The van der Waals surface area contributed by atoms with Crippen molar-refractivity contribution in [3.8, 4) is 6.07 Å². The molecule has 2 rings (SSSR count). The summed E-state index contributed by atoms with van der Waals surface area (Å²) in [6.07, 6.45) is 0. The largest absolute Gasteiger partial charge is 0.398 e. The Morgan fingerprint density at radius 2 is 2.05 bits per heavy atom. The number of halogens is 1. The summed E-state index contributed by atoms with van der Waals surface area (Å²) in [4.78, 5) is 2.09. The maximum Gasteiger partial charge on any atom is 0.0992 e. The average molecular weight is 316 g/mol. The van der Waals surface area contributed by atoms with Crippen LogP contribution in [0.4, 0.5) is 11.4 Å². The third-order valence-corrected chi connectivity index (χ3v) is 3.62. The molecule has 0 atom stereocenters. The Morgan fingerprint density at radius 3 is 2.74 bits per heavy atom. The number of nitriles is 1. The van der Waals surface area contributed by atoms with Gasteiger partial charge in [-0.15, -0.1) is 0 Å². The summed E-state index contributed by atoms with van der Waals surface area (Å²) in [6, 6.07) is 15.6. The molecule has 2 aromatic rings. The summed E-state index contributed by atoms with van der Waals surface area (Å²) in [5.41, 5.74) is 9.42. The summed E-state index contributed by atoms with van der Waals surface area (Å²) in [7, 11) is 1.99. The van der Waals surface area contributed by atoms with Gasteiger partial charge in [-0.25, -0.2) is 0 Å². The van der Waals surface area contributed by atoms with E-state index in [9.17, 15) is 0 Å². The van der Waals surface area contributed by atoms with Gasteiger partial charge in [0, 0.05) is 29.4 Å². The first kappa shape index (κ1) is 13.4. The minimum Gasteiger partial charge on any atom is -0.398 e. The molecule has 0 heterocycles. The van der Waals surface area contributed by atoms with Crippen molar-refractivity contribution >= 4 is 27.3 Å². The van der Waals surface area contributed by atoms with Crippen LogP contribution < -0.4 is 10.6 Å². The van der Waals surface area contributed by atoms with Crippen LogP contribution in [0.5, 0.6) is 0 Å². The van der Waals surface area contributed by atoms with Gasteiger partial charge in [0.1, 0.15) is 0 Å². The SMILES string of the molecule is CN(Cc1ccc(Br)c(N)c1)c1cccc(C#N)c1. The number of hydrogen-bond acceptors (Lipinski definition) is 3. The zero-order valence-corrected chi connectivity index (χ0v) is 12.2. The second-order valence-corrected chi connectivity index (χ2v) is 5.23. The highest BCUT2D eigenvalue weighted by atomic mass is 79.9. The van der Waals surface area contributed by atoms with Crippen molar-refractivity contribution in [3.63, 3.8) is 0 Å². The van der Waals surface area contributed by atoms with Gasteiger partial charge in [-0.05, 0) is 51.8 Å². The summed E-state index contributed by atoms with van der Waals surface area (Å²) < 4.78 is 0.908. The Bertz CT molecular complexity index is 632. The fraction of sp³-hybridized carbons (Fsp3) is 0.133. The van der Waals surface area contributed by atoms with Gasteiger partial charge in [0.05, 0.1) is 11.6 Å². The van der Waals surface area contributed by atoms with E-state index < -0.39 is 0 Å². The Morgan fingerprint density at radius 1 is 1.26 bits per heavy atom. The second kappa shape index (κ2) is 5.77. The first-order chi connectivity index (χ1) is 9.10. The van der Waals surface area contributed by atoms with Crippen molar-refractivity contribution < 1.29 is 0 Å². The minimum atomic E-state index is 0.666. The van der Waals surface area contributed by atoms with E-state index in [0.717, 1.165) is 28.0 Å². The average Bonchev–Trinajstić information content (AvgIpc) is 2.43. The Labute approximate surface area is 121 Å². The van der Waals surface area contributed by atoms with E-state index in [4.69, 9.17) is 11.0 Å². The lowest BCUT2D eigenvalue weighted by Crippen LogP contribution is -2.16. The summed E-state index contributed by atoms with van der Waals surface area (Å²) >= 11 is 3.38. The van der Waals surface area contributed by atoms with E-state index in [0.29, 0.717) is 5.56 Å². The van der Waals surface area contributed by atoms with Crippen LogP contribution in [-0.4, -0.2) is 7.05 Å². The molecule has 0 aliphatic rings. The van der Waals surface area contributed by atoms with Crippen LogP contribution in [0.15, 0.2) is 46.9 Å². The number of rotatable bonds is 3. The molecule has 0 radical (unpaired) electrons. The van der Waals surface area contributed by atoms with Gasteiger partial charge < -0.3 is 10.6 Å². The molecule has 2 aromatic carbocycles. The molecular formula is C15H14BrN3. The molecule has 0 fully saturated rings. The molecule has 0 saturated carbocycles. The van der Waals surface area contributed by atoms with Crippen LogP contribution in [0.1, 0.15) is 11.1 Å². The van der Waals surface area contributed by atoms with E-state index in [1.807, 2.05) is 43.4 Å². The van der Waals surface area contributed by atoms with Gasteiger partial charge in [0.2, 0.25) is 0 Å². The number of hydrogen-bond donors (Lipinski definition) is 1. The summed E-state index contributed by atoms with van der Waals surface area (Å²) in [6.45, 7) is 0.742. The third-order valence-electron chi connectivity index (χ3n) is 2.90. The number of nitrogens with zero attached hydrogens (tertiary/aromatic N) is 2. The highest BCUT2D eigenvalue weighted by molar-refractivity contribution is 9.10. The standard InChI is InChI=1S/C15H14BrN3/c1-19(13-4-2-3-11(7-13)9-17)10-12-5-6-14(16)15(18)8-12/h2-8H,10,18H2,1H3. The molecule has 0 bridgehead atoms. The van der Waals surface area contributed by atoms with E-state index in [2.05, 4.69) is 26.9 Å². The Hall–Kier alpha value is -1.99. The van der Waals surface area contributed by atoms with Crippen molar-refractivity contribution in [2.24, 2.45) is 0 Å². The molecule has 0 aromatic heterocycles. The lowest BCUT2D eigenvalue weighted by atomic mass is 10.1. The van der Waals surface area contributed by atoms with Crippen molar-refractivity contribution in [2.75, 3.05) is 17.7 Å². The lowest BCUT2D eigenvalue weighted by molar-refractivity contribution is 0.923. The van der Waals surface area contributed by atoms with Crippen LogP contribution in [0.25, 0.3) is 0 Å². The van der Waals surface area contributed by atoms with E-state index in [1.165, 1.54) is 0 Å². The third kappa shape index (κ3) is 3.27. The van der Waals surface area contributed by atoms with Crippen molar-refractivity contribution in [3.05, 3.63) is 58.1 Å². The van der Waals surface area contributed by atoms with Gasteiger partial charge >= 0.3 is 0 Å². The summed E-state index contributed by atoms with van der Waals surface area (Å²) in [5, 5.41) is 8.91. The van der Waals surface area contributed by atoms with Gasteiger partial charge in [0.25, 0.3) is 0 Å². The molecular weight excluding hydrogens is 302 g/mol. The lowest BCUT2D eigenvalue weighted by Gasteiger charge is -2.20. The molecule has 3 nitrogen and oxygen atoms in total. The maximum atomic E-state index is 8.91. The fourth-order valence-electron chi connectivity index (χ4n) is 1.87. The molecule has 96 valence electrons. The van der Waals surface area contributed by atoms with Gasteiger partial charge in [-0.1, -0.05) is 12.1 Å². The molecule has 0 unspecified atom stereocenters. The topological polar surface area (TPSA) is 53.0 Å². The smallest absolute Gasteiger partial charge is 0.0992 e. The zero-order chi connectivity index (χ0) is 13.8. The molecule has 0 aliphatic carbocycles. The van der Waals surface area contributed by atoms with Gasteiger partial charge in [-0.2, -0.15) is 5.26 Å².